The van der Waals surface area contributed by atoms with E-state index >= 15 is 0 Å². The van der Waals surface area contributed by atoms with Gasteiger partial charge in [0.05, 0.1) is 0 Å². The molecule has 2 aromatic carbocycles. The first-order valence-corrected chi connectivity index (χ1v) is 6.38. The summed E-state index contributed by atoms with van der Waals surface area (Å²) >= 11 is 0. The van der Waals surface area contributed by atoms with E-state index in [1.165, 1.54) is 16.9 Å². The summed E-state index contributed by atoms with van der Waals surface area (Å²) in [6, 6.07) is 19.2. The molecule has 0 atom stereocenters. The van der Waals surface area contributed by atoms with Crippen molar-refractivity contribution in [3.63, 3.8) is 0 Å². The van der Waals surface area contributed by atoms with Crippen LogP contribution < -0.4 is 4.90 Å². The first kappa shape index (κ1) is 12.7. The minimum Gasteiger partial charge on any atom is -0.345 e. The average Bonchev–Trinajstić information content (AvgIpc) is 2.38. The van der Waals surface area contributed by atoms with E-state index in [9.17, 15) is 0 Å². The third-order valence-electron chi connectivity index (χ3n) is 3.26. The number of para-hydroxylation sites is 1. The van der Waals surface area contributed by atoms with Crippen LogP contribution in [0.1, 0.15) is 26.3 Å². The molecule has 0 saturated carbocycles. The molecule has 1 nitrogen and oxygen atoms in total. The molecule has 2 aromatic rings. The molecule has 0 fully saturated rings. The van der Waals surface area contributed by atoms with Gasteiger partial charge in [0.2, 0.25) is 0 Å². The minimum absolute atomic E-state index is 0.212. The average molecular weight is 239 g/mol. The predicted molar refractivity (Wildman–Crippen MR) is 79.6 cm³/mol. The molecule has 0 amide bonds. The minimum atomic E-state index is 0.212. The molecule has 0 aromatic heterocycles. The van der Waals surface area contributed by atoms with Gasteiger partial charge in [-0.15, -0.1) is 0 Å². The van der Waals surface area contributed by atoms with Gasteiger partial charge in [-0.05, 0) is 35.2 Å². The fraction of sp³-hybridized carbons (Fsp3) is 0.294. The Morgan fingerprint density at radius 2 is 1.22 bits per heavy atom. The Bertz CT molecular complexity index is 491. The van der Waals surface area contributed by atoms with Crippen LogP contribution in [0, 0.1) is 0 Å². The molecule has 1 heteroatoms. The van der Waals surface area contributed by atoms with Crippen LogP contribution in [0.2, 0.25) is 0 Å². The molecule has 0 aliphatic carbocycles. The standard InChI is InChI=1S/C17H21N/c1-17(2,3)14-10-12-16(13-11-14)18(4)15-8-6-5-7-9-15/h5-13H,1-4H3. The molecule has 0 spiro atoms. The molecular formula is C17H21N. The van der Waals surface area contributed by atoms with Crippen LogP contribution in [0.5, 0.6) is 0 Å². The van der Waals surface area contributed by atoms with Crippen molar-refractivity contribution in [2.45, 2.75) is 26.2 Å². The quantitative estimate of drug-likeness (QED) is 0.731. The van der Waals surface area contributed by atoms with Crippen LogP contribution in [0.25, 0.3) is 0 Å². The van der Waals surface area contributed by atoms with Crippen molar-refractivity contribution in [3.05, 3.63) is 60.2 Å². The zero-order valence-corrected chi connectivity index (χ0v) is 11.6. The molecule has 94 valence electrons. The highest BCUT2D eigenvalue weighted by atomic mass is 15.1. The van der Waals surface area contributed by atoms with Gasteiger partial charge in [0, 0.05) is 18.4 Å². The highest BCUT2D eigenvalue weighted by molar-refractivity contribution is 5.62. The van der Waals surface area contributed by atoms with Crippen molar-refractivity contribution >= 4 is 11.4 Å². The summed E-state index contributed by atoms with van der Waals surface area (Å²) in [5, 5.41) is 0. The van der Waals surface area contributed by atoms with Crippen LogP contribution in [0.15, 0.2) is 54.6 Å². The molecule has 0 bridgehead atoms. The molecule has 0 unspecified atom stereocenters. The molecule has 2 rings (SSSR count). The van der Waals surface area contributed by atoms with E-state index in [0.29, 0.717) is 0 Å². The molecule has 0 radical (unpaired) electrons. The zero-order valence-electron chi connectivity index (χ0n) is 11.6. The lowest BCUT2D eigenvalue weighted by Crippen LogP contribution is -2.12. The van der Waals surface area contributed by atoms with Gasteiger partial charge in [-0.2, -0.15) is 0 Å². The maximum atomic E-state index is 2.24. The monoisotopic (exact) mass is 239 g/mol. The predicted octanol–water partition coefficient (Wildman–Crippen LogP) is 4.75. The summed E-state index contributed by atoms with van der Waals surface area (Å²) in [4.78, 5) is 2.20. The van der Waals surface area contributed by atoms with Crippen LogP contribution >= 0.6 is 0 Å². The van der Waals surface area contributed by atoms with E-state index in [0.717, 1.165) is 0 Å². The summed E-state index contributed by atoms with van der Waals surface area (Å²) in [6.45, 7) is 6.72. The van der Waals surface area contributed by atoms with E-state index in [4.69, 9.17) is 0 Å². The Kier molecular flexibility index (Phi) is 3.42. The van der Waals surface area contributed by atoms with Gasteiger partial charge in [0.15, 0.2) is 0 Å². The Morgan fingerprint density at radius 1 is 0.722 bits per heavy atom. The highest BCUT2D eigenvalue weighted by Gasteiger charge is 2.13. The van der Waals surface area contributed by atoms with Crippen molar-refractivity contribution in [1.82, 2.24) is 0 Å². The summed E-state index contributed by atoms with van der Waals surface area (Å²) < 4.78 is 0. The van der Waals surface area contributed by atoms with E-state index in [-0.39, 0.29) is 5.41 Å². The van der Waals surface area contributed by atoms with Gasteiger partial charge in [-0.1, -0.05) is 51.1 Å². The van der Waals surface area contributed by atoms with Crippen molar-refractivity contribution in [2.75, 3.05) is 11.9 Å². The second-order valence-corrected chi connectivity index (χ2v) is 5.69. The van der Waals surface area contributed by atoms with Gasteiger partial charge in [0.25, 0.3) is 0 Å². The number of hydrogen-bond acceptors (Lipinski definition) is 1. The lowest BCUT2D eigenvalue weighted by Gasteiger charge is -2.23. The number of benzene rings is 2. The summed E-state index contributed by atoms with van der Waals surface area (Å²) in [7, 11) is 2.10. The first-order valence-electron chi connectivity index (χ1n) is 6.38. The molecule has 0 saturated heterocycles. The SMILES string of the molecule is CN(c1ccccc1)c1ccc(C(C)(C)C)cc1. The van der Waals surface area contributed by atoms with Gasteiger partial charge >= 0.3 is 0 Å². The fourth-order valence-corrected chi connectivity index (χ4v) is 1.99. The van der Waals surface area contributed by atoms with Crippen LogP contribution in [-0.2, 0) is 5.41 Å². The maximum absolute atomic E-state index is 2.24. The van der Waals surface area contributed by atoms with Gasteiger partial charge in [-0.25, -0.2) is 0 Å². The molecule has 0 aliphatic heterocycles. The van der Waals surface area contributed by atoms with Crippen molar-refractivity contribution in [2.24, 2.45) is 0 Å². The van der Waals surface area contributed by atoms with E-state index in [1.807, 2.05) is 6.07 Å². The fourth-order valence-electron chi connectivity index (χ4n) is 1.99. The third kappa shape index (κ3) is 2.73. The van der Waals surface area contributed by atoms with Crippen molar-refractivity contribution in [1.29, 1.82) is 0 Å². The van der Waals surface area contributed by atoms with Crippen LogP contribution in [-0.4, -0.2) is 7.05 Å². The third-order valence-corrected chi connectivity index (χ3v) is 3.26. The Morgan fingerprint density at radius 3 is 1.72 bits per heavy atom. The summed E-state index contributed by atoms with van der Waals surface area (Å²) in [6.07, 6.45) is 0. The molecule has 18 heavy (non-hydrogen) atoms. The summed E-state index contributed by atoms with van der Waals surface area (Å²) in [5.74, 6) is 0. The lowest BCUT2D eigenvalue weighted by atomic mass is 9.87. The van der Waals surface area contributed by atoms with Crippen LogP contribution in [0.3, 0.4) is 0 Å². The van der Waals surface area contributed by atoms with E-state index in [1.54, 1.807) is 0 Å². The van der Waals surface area contributed by atoms with Crippen molar-refractivity contribution < 1.29 is 0 Å². The molecular weight excluding hydrogens is 218 g/mol. The van der Waals surface area contributed by atoms with Gasteiger partial charge in [-0.3, -0.25) is 0 Å². The largest absolute Gasteiger partial charge is 0.345 e. The lowest BCUT2D eigenvalue weighted by molar-refractivity contribution is 0.590. The van der Waals surface area contributed by atoms with E-state index < -0.39 is 0 Å². The maximum Gasteiger partial charge on any atom is 0.0408 e. The van der Waals surface area contributed by atoms with Crippen LogP contribution in [0.4, 0.5) is 11.4 Å². The van der Waals surface area contributed by atoms with Gasteiger partial charge < -0.3 is 4.90 Å². The second kappa shape index (κ2) is 4.85. The number of rotatable bonds is 2. The second-order valence-electron chi connectivity index (χ2n) is 5.69. The number of nitrogens with zero attached hydrogens (tertiary/aromatic N) is 1. The number of anilines is 2. The molecule has 0 N–H and O–H groups in total. The van der Waals surface area contributed by atoms with Crippen molar-refractivity contribution in [3.8, 4) is 0 Å². The zero-order chi connectivity index (χ0) is 13.2. The van der Waals surface area contributed by atoms with E-state index in [2.05, 4.69) is 81.2 Å². The first-order chi connectivity index (χ1) is 8.48. The molecule has 0 aliphatic rings. The normalized spacial score (nSPS) is 11.3. The summed E-state index contributed by atoms with van der Waals surface area (Å²) in [5.41, 5.74) is 4.01. The topological polar surface area (TPSA) is 3.24 Å². The smallest absolute Gasteiger partial charge is 0.0408 e. The highest BCUT2D eigenvalue weighted by Crippen LogP contribution is 2.27. The van der Waals surface area contributed by atoms with Gasteiger partial charge in [0.1, 0.15) is 0 Å². The Balaban J connectivity index is 2.25. The Hall–Kier alpha value is -1.76. The Labute approximate surface area is 110 Å². The molecule has 0 heterocycles. The number of hydrogen-bond donors (Lipinski definition) is 0.